The summed E-state index contributed by atoms with van der Waals surface area (Å²) < 4.78 is 0. The molecule has 110 valence electrons. The van der Waals surface area contributed by atoms with Gasteiger partial charge in [-0.15, -0.1) is 0 Å². The predicted octanol–water partition coefficient (Wildman–Crippen LogP) is 2.77. The molecular weight excluding hydrogens is 242 g/mol. The first kappa shape index (κ1) is 16.0. The minimum absolute atomic E-state index is 0.0959. The molecule has 3 atom stereocenters. The third-order valence-corrected chi connectivity index (χ3v) is 4.21. The summed E-state index contributed by atoms with van der Waals surface area (Å²) in [7, 11) is 0. The summed E-state index contributed by atoms with van der Waals surface area (Å²) in [6.07, 6.45) is 4.21. The van der Waals surface area contributed by atoms with Crippen LogP contribution in [0.5, 0.6) is 0 Å². The summed E-state index contributed by atoms with van der Waals surface area (Å²) in [6, 6.07) is 0. The second-order valence-corrected chi connectivity index (χ2v) is 5.95. The first-order valence-electron chi connectivity index (χ1n) is 7.46. The van der Waals surface area contributed by atoms with Crippen molar-refractivity contribution in [3.63, 3.8) is 0 Å². The second-order valence-electron chi connectivity index (χ2n) is 5.95. The Morgan fingerprint density at radius 2 is 2.05 bits per heavy atom. The minimum Gasteiger partial charge on any atom is -0.481 e. The summed E-state index contributed by atoms with van der Waals surface area (Å²) in [5, 5.41) is 8.87. The Morgan fingerprint density at radius 1 is 1.37 bits per heavy atom. The van der Waals surface area contributed by atoms with Gasteiger partial charge in [-0.05, 0) is 31.1 Å². The van der Waals surface area contributed by atoms with E-state index in [0.29, 0.717) is 5.92 Å². The fraction of sp³-hybridized carbons (Fsp3) is 0.867. The molecule has 0 aromatic carbocycles. The number of nitrogens with zero attached hydrogens (tertiary/aromatic N) is 1. The van der Waals surface area contributed by atoms with Crippen molar-refractivity contribution in [3.05, 3.63) is 0 Å². The smallest absolute Gasteiger partial charge is 0.303 e. The van der Waals surface area contributed by atoms with Crippen LogP contribution in [0.1, 0.15) is 52.9 Å². The molecule has 1 rings (SSSR count). The Balaban J connectivity index is 2.54. The van der Waals surface area contributed by atoms with Gasteiger partial charge in [-0.1, -0.05) is 27.2 Å². The van der Waals surface area contributed by atoms with Crippen LogP contribution >= 0.6 is 0 Å². The van der Waals surface area contributed by atoms with Crippen LogP contribution in [0.2, 0.25) is 0 Å². The van der Waals surface area contributed by atoms with E-state index in [-0.39, 0.29) is 24.2 Å². The highest BCUT2D eigenvalue weighted by molar-refractivity contribution is 5.78. The largest absolute Gasteiger partial charge is 0.481 e. The topological polar surface area (TPSA) is 57.6 Å². The average molecular weight is 269 g/mol. The molecule has 19 heavy (non-hydrogen) atoms. The lowest BCUT2D eigenvalue weighted by molar-refractivity contribution is -0.139. The fourth-order valence-corrected chi connectivity index (χ4v) is 2.98. The van der Waals surface area contributed by atoms with Gasteiger partial charge in [-0.25, -0.2) is 0 Å². The molecule has 0 aromatic rings. The first-order chi connectivity index (χ1) is 8.95. The van der Waals surface area contributed by atoms with Gasteiger partial charge in [0.15, 0.2) is 0 Å². The van der Waals surface area contributed by atoms with Gasteiger partial charge in [-0.2, -0.15) is 0 Å². The Hall–Kier alpha value is -1.06. The monoisotopic (exact) mass is 269 g/mol. The van der Waals surface area contributed by atoms with E-state index in [1.165, 1.54) is 0 Å². The number of rotatable bonds is 6. The number of carboxylic acids is 1. The summed E-state index contributed by atoms with van der Waals surface area (Å²) in [6.45, 7) is 7.65. The van der Waals surface area contributed by atoms with Crippen LogP contribution in [0.3, 0.4) is 0 Å². The lowest BCUT2D eigenvalue weighted by atomic mass is 9.84. The maximum absolute atomic E-state index is 12.3. The van der Waals surface area contributed by atoms with Crippen molar-refractivity contribution >= 4 is 11.9 Å². The van der Waals surface area contributed by atoms with E-state index in [2.05, 4.69) is 6.92 Å². The van der Waals surface area contributed by atoms with Crippen LogP contribution in [-0.4, -0.2) is 35.0 Å². The van der Waals surface area contributed by atoms with Gasteiger partial charge in [0.05, 0.1) is 0 Å². The zero-order chi connectivity index (χ0) is 14.4. The Labute approximate surface area is 116 Å². The van der Waals surface area contributed by atoms with E-state index in [1.54, 1.807) is 0 Å². The van der Waals surface area contributed by atoms with E-state index < -0.39 is 5.97 Å². The molecule has 1 aliphatic rings. The van der Waals surface area contributed by atoms with Crippen LogP contribution < -0.4 is 0 Å². The van der Waals surface area contributed by atoms with E-state index in [9.17, 15) is 9.59 Å². The van der Waals surface area contributed by atoms with Gasteiger partial charge in [0.25, 0.3) is 0 Å². The summed E-state index contributed by atoms with van der Waals surface area (Å²) in [5.74, 6) is 0.0834. The van der Waals surface area contributed by atoms with Gasteiger partial charge >= 0.3 is 5.97 Å². The normalized spacial score (nSPS) is 22.9. The molecule has 1 heterocycles. The molecular formula is C15H27NO3. The van der Waals surface area contributed by atoms with Crippen LogP contribution in [0.25, 0.3) is 0 Å². The highest BCUT2D eigenvalue weighted by Crippen LogP contribution is 2.27. The number of amides is 1. The summed E-state index contributed by atoms with van der Waals surface area (Å²) >= 11 is 0. The molecule has 0 bridgehead atoms. The Morgan fingerprint density at radius 3 is 2.63 bits per heavy atom. The van der Waals surface area contributed by atoms with Gasteiger partial charge in [-0.3, -0.25) is 9.59 Å². The molecule has 0 aromatic heterocycles. The average Bonchev–Trinajstić information content (AvgIpc) is 2.37. The van der Waals surface area contributed by atoms with Crippen LogP contribution in [-0.2, 0) is 9.59 Å². The van der Waals surface area contributed by atoms with Gasteiger partial charge < -0.3 is 10.0 Å². The molecule has 0 radical (unpaired) electrons. The lowest BCUT2D eigenvalue weighted by Gasteiger charge is -2.36. The third kappa shape index (κ3) is 4.84. The van der Waals surface area contributed by atoms with Gasteiger partial charge in [0, 0.05) is 25.4 Å². The van der Waals surface area contributed by atoms with Crippen molar-refractivity contribution in [2.45, 2.75) is 52.9 Å². The fourth-order valence-electron chi connectivity index (χ4n) is 2.98. The lowest BCUT2D eigenvalue weighted by Crippen LogP contribution is -2.44. The molecule has 3 unspecified atom stereocenters. The van der Waals surface area contributed by atoms with Crippen LogP contribution in [0.15, 0.2) is 0 Å². The second kappa shape index (κ2) is 7.51. The quantitative estimate of drug-likeness (QED) is 0.806. The first-order valence-corrected chi connectivity index (χ1v) is 7.46. The molecule has 1 fully saturated rings. The van der Waals surface area contributed by atoms with Crippen molar-refractivity contribution in [1.82, 2.24) is 4.90 Å². The SMILES string of the molecule is CCCC(C)C(=O)N1CCCC(C(C)CC(=O)O)C1. The molecule has 0 aliphatic carbocycles. The van der Waals surface area contributed by atoms with Gasteiger partial charge in [0.2, 0.25) is 5.91 Å². The number of piperidine rings is 1. The maximum atomic E-state index is 12.3. The van der Waals surface area contributed by atoms with E-state index in [0.717, 1.165) is 38.8 Å². The highest BCUT2D eigenvalue weighted by atomic mass is 16.4. The minimum atomic E-state index is -0.740. The third-order valence-electron chi connectivity index (χ3n) is 4.21. The standard InChI is InChI=1S/C15H27NO3/c1-4-6-11(2)15(19)16-8-5-7-13(10-16)12(3)9-14(17)18/h11-13H,4-10H2,1-3H3,(H,17,18). The number of carbonyl (C=O) groups excluding carboxylic acids is 1. The number of aliphatic carboxylic acids is 1. The van der Waals surface area contributed by atoms with Gasteiger partial charge in [0.1, 0.15) is 0 Å². The van der Waals surface area contributed by atoms with Crippen LogP contribution in [0, 0.1) is 17.8 Å². The zero-order valence-electron chi connectivity index (χ0n) is 12.4. The van der Waals surface area contributed by atoms with Crippen LogP contribution in [0.4, 0.5) is 0 Å². The zero-order valence-corrected chi connectivity index (χ0v) is 12.4. The maximum Gasteiger partial charge on any atom is 0.303 e. The molecule has 1 amide bonds. The molecule has 1 N–H and O–H groups in total. The molecule has 0 spiro atoms. The van der Waals surface area contributed by atoms with E-state index >= 15 is 0 Å². The molecule has 0 saturated carbocycles. The van der Waals surface area contributed by atoms with Crippen molar-refractivity contribution < 1.29 is 14.7 Å². The van der Waals surface area contributed by atoms with Crippen molar-refractivity contribution in [1.29, 1.82) is 0 Å². The predicted molar refractivity (Wildman–Crippen MR) is 74.8 cm³/mol. The Bertz CT molecular complexity index is 317. The molecule has 1 saturated heterocycles. The van der Waals surface area contributed by atoms with Crippen molar-refractivity contribution in [2.75, 3.05) is 13.1 Å². The molecule has 4 nitrogen and oxygen atoms in total. The summed E-state index contributed by atoms with van der Waals surface area (Å²) in [5.41, 5.74) is 0. The Kier molecular flexibility index (Phi) is 6.32. The van der Waals surface area contributed by atoms with E-state index in [1.807, 2.05) is 18.7 Å². The number of carbonyl (C=O) groups is 2. The van der Waals surface area contributed by atoms with Crippen molar-refractivity contribution in [3.8, 4) is 0 Å². The number of hydrogen-bond acceptors (Lipinski definition) is 2. The number of hydrogen-bond donors (Lipinski definition) is 1. The van der Waals surface area contributed by atoms with Crippen molar-refractivity contribution in [2.24, 2.45) is 17.8 Å². The number of likely N-dealkylation sites (tertiary alicyclic amines) is 1. The molecule has 1 aliphatic heterocycles. The van der Waals surface area contributed by atoms with E-state index in [4.69, 9.17) is 5.11 Å². The number of carboxylic acid groups (broad SMARTS) is 1. The molecule has 4 heteroatoms. The summed E-state index contributed by atoms with van der Waals surface area (Å²) in [4.78, 5) is 25.0. The highest BCUT2D eigenvalue weighted by Gasteiger charge is 2.29.